The summed E-state index contributed by atoms with van der Waals surface area (Å²) in [7, 11) is 1.43. The highest BCUT2D eigenvalue weighted by molar-refractivity contribution is 5.81. The van der Waals surface area contributed by atoms with Crippen molar-refractivity contribution in [1.82, 2.24) is 4.90 Å². The van der Waals surface area contributed by atoms with E-state index < -0.39 is 11.0 Å². The van der Waals surface area contributed by atoms with Gasteiger partial charge in [0.2, 0.25) is 0 Å². The summed E-state index contributed by atoms with van der Waals surface area (Å²) in [6.07, 6.45) is -0.0375. The number of methoxy groups -OCH3 is 1. The van der Waals surface area contributed by atoms with Gasteiger partial charge in [0.1, 0.15) is 5.75 Å². The Hall–Kier alpha value is -3.09. The number of carbonyl (C=O) groups excluding carboxylic acids is 1. The van der Waals surface area contributed by atoms with Crippen molar-refractivity contribution in [3.8, 4) is 11.5 Å². The van der Waals surface area contributed by atoms with Crippen molar-refractivity contribution in [1.29, 1.82) is 0 Å². The molecule has 0 unspecified atom stereocenters. The molecule has 136 valence electrons. The van der Waals surface area contributed by atoms with E-state index in [4.69, 9.17) is 9.47 Å². The van der Waals surface area contributed by atoms with Gasteiger partial charge in [-0.1, -0.05) is 24.3 Å². The van der Waals surface area contributed by atoms with Gasteiger partial charge in [0.15, 0.2) is 11.9 Å². The first-order chi connectivity index (χ1) is 12.5. The van der Waals surface area contributed by atoms with Crippen LogP contribution in [0.25, 0.3) is 0 Å². The van der Waals surface area contributed by atoms with Crippen molar-refractivity contribution in [2.45, 2.75) is 26.0 Å². The molecule has 7 heteroatoms. The van der Waals surface area contributed by atoms with E-state index in [0.29, 0.717) is 18.8 Å². The molecule has 0 bridgehead atoms. The second kappa shape index (κ2) is 7.43. The number of ether oxygens (including phenoxy) is 2. The predicted octanol–water partition coefficient (Wildman–Crippen LogP) is 2.96. The molecule has 2 aromatic carbocycles. The van der Waals surface area contributed by atoms with Gasteiger partial charge in [0.25, 0.3) is 5.91 Å². The van der Waals surface area contributed by atoms with E-state index in [1.807, 2.05) is 18.2 Å². The van der Waals surface area contributed by atoms with Crippen molar-refractivity contribution in [2.75, 3.05) is 13.7 Å². The Balaban J connectivity index is 1.73. The molecule has 0 saturated carbocycles. The van der Waals surface area contributed by atoms with Crippen LogP contribution in [0.3, 0.4) is 0 Å². The van der Waals surface area contributed by atoms with Crippen LogP contribution in [0.2, 0.25) is 0 Å². The fraction of sp³-hybridized carbons (Fsp3) is 0.316. The molecule has 0 aliphatic carbocycles. The number of rotatable bonds is 5. The zero-order valence-corrected chi connectivity index (χ0v) is 14.7. The number of nitro groups is 1. The summed E-state index contributed by atoms with van der Waals surface area (Å²) in [6, 6.07) is 12.3. The lowest BCUT2D eigenvalue weighted by atomic mass is 9.99. The zero-order valence-electron chi connectivity index (χ0n) is 14.7. The highest BCUT2D eigenvalue weighted by atomic mass is 16.6. The molecule has 1 amide bonds. The van der Waals surface area contributed by atoms with Crippen molar-refractivity contribution in [3.63, 3.8) is 0 Å². The molecule has 1 aliphatic rings. The summed E-state index contributed by atoms with van der Waals surface area (Å²) >= 11 is 0. The van der Waals surface area contributed by atoms with Crippen molar-refractivity contribution in [3.05, 3.63) is 63.7 Å². The molecule has 0 fully saturated rings. The monoisotopic (exact) mass is 356 g/mol. The molecule has 2 aromatic rings. The molecule has 7 nitrogen and oxygen atoms in total. The molecule has 0 spiro atoms. The van der Waals surface area contributed by atoms with E-state index in [2.05, 4.69) is 6.07 Å². The lowest BCUT2D eigenvalue weighted by Gasteiger charge is -2.30. The summed E-state index contributed by atoms with van der Waals surface area (Å²) < 4.78 is 10.6. The number of hydrogen-bond acceptors (Lipinski definition) is 5. The highest BCUT2D eigenvalue weighted by Crippen LogP contribution is 2.32. The minimum Gasteiger partial charge on any atom is -0.496 e. The number of amides is 1. The molecular formula is C19H20N2O5. The molecule has 1 atom stereocenters. The maximum atomic E-state index is 12.7. The Bertz CT molecular complexity index is 836. The number of nitro benzene ring substituents is 1. The van der Waals surface area contributed by atoms with E-state index in [1.165, 1.54) is 24.8 Å². The Morgan fingerprint density at radius 1 is 1.23 bits per heavy atom. The molecule has 0 saturated heterocycles. The fourth-order valence-electron chi connectivity index (χ4n) is 3.05. The Kier molecular flexibility index (Phi) is 5.06. The first-order valence-electron chi connectivity index (χ1n) is 8.34. The van der Waals surface area contributed by atoms with Gasteiger partial charge in [-0.25, -0.2) is 0 Å². The van der Waals surface area contributed by atoms with E-state index >= 15 is 0 Å². The number of benzene rings is 2. The van der Waals surface area contributed by atoms with Gasteiger partial charge < -0.3 is 14.4 Å². The van der Waals surface area contributed by atoms with E-state index in [-0.39, 0.29) is 17.3 Å². The lowest BCUT2D eigenvalue weighted by Crippen LogP contribution is -2.43. The molecule has 3 rings (SSSR count). The smallest absolute Gasteiger partial charge is 0.314 e. The Morgan fingerprint density at radius 3 is 2.65 bits per heavy atom. The largest absolute Gasteiger partial charge is 0.496 e. The van der Waals surface area contributed by atoms with Gasteiger partial charge >= 0.3 is 5.69 Å². The van der Waals surface area contributed by atoms with Crippen LogP contribution in [0.1, 0.15) is 18.1 Å². The van der Waals surface area contributed by atoms with Crippen molar-refractivity contribution in [2.24, 2.45) is 0 Å². The van der Waals surface area contributed by atoms with E-state index in [1.54, 1.807) is 17.9 Å². The Morgan fingerprint density at radius 2 is 1.96 bits per heavy atom. The molecule has 0 aromatic heterocycles. The van der Waals surface area contributed by atoms with Crippen LogP contribution in [0.15, 0.2) is 42.5 Å². The van der Waals surface area contributed by atoms with Crippen LogP contribution in [0.4, 0.5) is 5.69 Å². The normalized spacial score (nSPS) is 14.3. The third kappa shape index (κ3) is 3.61. The average Bonchev–Trinajstić information content (AvgIpc) is 2.67. The van der Waals surface area contributed by atoms with Crippen LogP contribution in [-0.2, 0) is 17.8 Å². The summed E-state index contributed by atoms with van der Waals surface area (Å²) in [5, 5.41) is 11.3. The zero-order chi connectivity index (χ0) is 18.7. The minimum absolute atomic E-state index is 0.0501. The van der Waals surface area contributed by atoms with Crippen LogP contribution < -0.4 is 9.47 Å². The second-order valence-corrected chi connectivity index (χ2v) is 6.13. The Labute approximate surface area is 151 Å². The standard InChI is InChI=1S/C19H20N2O5/c1-13(26-18-8-7-16(25-2)11-17(18)21(23)24)19(22)20-10-9-14-5-3-4-6-15(14)12-20/h3-8,11,13H,9-10,12H2,1-2H3/t13-/m0/s1. The van der Waals surface area contributed by atoms with E-state index in [9.17, 15) is 14.9 Å². The lowest BCUT2D eigenvalue weighted by molar-refractivity contribution is -0.386. The number of hydrogen-bond donors (Lipinski definition) is 0. The first kappa shape index (κ1) is 17.7. The van der Waals surface area contributed by atoms with Gasteiger partial charge in [0, 0.05) is 13.1 Å². The maximum absolute atomic E-state index is 12.7. The minimum atomic E-state index is -0.827. The SMILES string of the molecule is COc1ccc(O[C@@H](C)C(=O)N2CCc3ccccc3C2)c([N+](=O)[O-])c1. The van der Waals surface area contributed by atoms with Crippen LogP contribution in [0, 0.1) is 10.1 Å². The summed E-state index contributed by atoms with van der Waals surface area (Å²) in [4.78, 5) is 25.2. The molecule has 1 aliphatic heterocycles. The summed E-state index contributed by atoms with van der Waals surface area (Å²) in [6.45, 7) is 2.73. The molecule has 26 heavy (non-hydrogen) atoms. The maximum Gasteiger partial charge on any atom is 0.314 e. The second-order valence-electron chi connectivity index (χ2n) is 6.13. The van der Waals surface area contributed by atoms with Crippen molar-refractivity contribution >= 4 is 11.6 Å². The van der Waals surface area contributed by atoms with Crippen molar-refractivity contribution < 1.29 is 19.2 Å². The molecular weight excluding hydrogens is 336 g/mol. The van der Waals surface area contributed by atoms with Crippen LogP contribution in [0.5, 0.6) is 11.5 Å². The number of nitrogens with zero attached hydrogens (tertiary/aromatic N) is 2. The van der Waals surface area contributed by atoms with Gasteiger partial charge in [-0.05, 0) is 36.6 Å². The fourth-order valence-corrected chi connectivity index (χ4v) is 3.05. The average molecular weight is 356 g/mol. The van der Waals surface area contributed by atoms with Crippen LogP contribution >= 0.6 is 0 Å². The number of carbonyl (C=O) groups is 1. The van der Waals surface area contributed by atoms with Crippen LogP contribution in [-0.4, -0.2) is 35.5 Å². The molecule has 1 heterocycles. The van der Waals surface area contributed by atoms with Gasteiger partial charge in [-0.2, -0.15) is 0 Å². The van der Waals surface area contributed by atoms with Gasteiger partial charge in [-0.15, -0.1) is 0 Å². The van der Waals surface area contributed by atoms with Gasteiger partial charge in [-0.3, -0.25) is 14.9 Å². The quantitative estimate of drug-likeness (QED) is 0.608. The molecule has 0 N–H and O–H groups in total. The third-order valence-corrected chi connectivity index (χ3v) is 4.46. The topological polar surface area (TPSA) is 81.9 Å². The van der Waals surface area contributed by atoms with E-state index in [0.717, 1.165) is 12.0 Å². The number of fused-ring (bicyclic) bond motifs is 1. The predicted molar refractivity (Wildman–Crippen MR) is 95.3 cm³/mol. The van der Waals surface area contributed by atoms with Gasteiger partial charge in [0.05, 0.1) is 18.1 Å². The molecule has 0 radical (unpaired) electrons. The first-order valence-corrected chi connectivity index (χ1v) is 8.34. The summed E-state index contributed by atoms with van der Waals surface area (Å²) in [5.41, 5.74) is 2.14. The summed E-state index contributed by atoms with van der Waals surface area (Å²) in [5.74, 6) is 0.217. The highest BCUT2D eigenvalue weighted by Gasteiger charge is 2.27. The third-order valence-electron chi connectivity index (χ3n) is 4.46.